The first kappa shape index (κ1) is 9.90. The minimum atomic E-state index is -0.782. The number of aliphatic hydroxyl groups is 1. The Morgan fingerprint density at radius 1 is 1.21 bits per heavy atom. The zero-order valence-corrected chi connectivity index (χ0v) is 8.32. The Hall–Kier alpha value is -0.640. The van der Waals surface area contributed by atoms with Gasteiger partial charge in [-0.2, -0.15) is 0 Å². The number of hydrogen-bond acceptors (Lipinski definition) is 3. The molecule has 0 aromatic heterocycles. The van der Waals surface area contributed by atoms with Crippen molar-refractivity contribution in [2.24, 2.45) is 5.92 Å². The van der Waals surface area contributed by atoms with Gasteiger partial charge < -0.3 is 5.11 Å². The van der Waals surface area contributed by atoms with Crippen molar-refractivity contribution in [3.8, 4) is 0 Å². The second kappa shape index (κ2) is 3.50. The fraction of sp³-hybridized carbons (Fsp3) is 1.00. The zero-order valence-electron chi connectivity index (χ0n) is 8.32. The van der Waals surface area contributed by atoms with E-state index in [4.69, 9.17) is 0 Å². The summed E-state index contributed by atoms with van der Waals surface area (Å²) in [5.74, 6) is -0.0833. The van der Waals surface area contributed by atoms with E-state index < -0.39 is 11.6 Å². The summed E-state index contributed by atoms with van der Waals surface area (Å²) in [6, 6.07) is 0. The molecule has 0 radical (unpaired) electrons. The van der Waals surface area contributed by atoms with Gasteiger partial charge in [-0.05, 0) is 25.7 Å². The van der Waals surface area contributed by atoms with Gasteiger partial charge in [-0.25, -0.2) is 0 Å². The van der Waals surface area contributed by atoms with Crippen LogP contribution in [-0.4, -0.2) is 21.7 Å². The van der Waals surface area contributed by atoms with Crippen LogP contribution in [0.3, 0.4) is 0 Å². The Labute approximate surface area is 83.5 Å². The predicted octanol–water partition coefficient (Wildman–Crippen LogP) is 1.74. The molecule has 4 nitrogen and oxygen atoms in total. The van der Waals surface area contributed by atoms with Crippen molar-refractivity contribution in [1.82, 2.24) is 0 Å². The van der Waals surface area contributed by atoms with Crippen molar-refractivity contribution in [3.05, 3.63) is 10.1 Å². The third-order valence-corrected chi connectivity index (χ3v) is 4.00. The topological polar surface area (TPSA) is 63.4 Å². The van der Waals surface area contributed by atoms with Crippen LogP contribution in [0.25, 0.3) is 0 Å². The van der Waals surface area contributed by atoms with Crippen LogP contribution in [0.4, 0.5) is 0 Å². The van der Waals surface area contributed by atoms with Gasteiger partial charge in [0.25, 0.3) is 0 Å². The second-order valence-corrected chi connectivity index (χ2v) is 4.67. The molecule has 2 fully saturated rings. The van der Waals surface area contributed by atoms with Crippen molar-refractivity contribution >= 4 is 0 Å². The SMILES string of the molecule is O=[N+]([O-])[C@@]12CCCCC1[C@H](O)CCC2. The van der Waals surface area contributed by atoms with Gasteiger partial charge in [0.2, 0.25) is 5.54 Å². The zero-order chi connectivity index (χ0) is 10.2. The number of nitrogens with zero attached hydrogens (tertiary/aromatic N) is 1. The molecule has 2 rings (SSSR count). The van der Waals surface area contributed by atoms with Crippen molar-refractivity contribution in [3.63, 3.8) is 0 Å². The van der Waals surface area contributed by atoms with Crippen LogP contribution < -0.4 is 0 Å². The summed E-state index contributed by atoms with van der Waals surface area (Å²) in [6.45, 7) is 0. The molecule has 0 amide bonds. The number of rotatable bonds is 1. The lowest BCUT2D eigenvalue weighted by Gasteiger charge is -2.42. The second-order valence-electron chi connectivity index (χ2n) is 4.67. The molecule has 2 aliphatic carbocycles. The van der Waals surface area contributed by atoms with Crippen LogP contribution in [0.5, 0.6) is 0 Å². The van der Waals surface area contributed by atoms with E-state index in [9.17, 15) is 15.2 Å². The number of fused-ring (bicyclic) bond motifs is 1. The maximum Gasteiger partial charge on any atom is 0.227 e. The number of nitro groups is 1. The summed E-state index contributed by atoms with van der Waals surface area (Å²) in [4.78, 5) is 11.0. The molecule has 80 valence electrons. The van der Waals surface area contributed by atoms with Crippen LogP contribution in [0.2, 0.25) is 0 Å². The summed E-state index contributed by atoms with van der Waals surface area (Å²) in [7, 11) is 0. The van der Waals surface area contributed by atoms with Crippen molar-refractivity contribution in [2.75, 3.05) is 0 Å². The molecule has 14 heavy (non-hydrogen) atoms. The molecule has 0 heterocycles. The summed E-state index contributed by atoms with van der Waals surface area (Å²) >= 11 is 0. The van der Waals surface area contributed by atoms with E-state index in [0.29, 0.717) is 12.8 Å². The maximum absolute atomic E-state index is 11.2. The lowest BCUT2D eigenvalue weighted by atomic mass is 9.64. The van der Waals surface area contributed by atoms with Crippen molar-refractivity contribution < 1.29 is 10.0 Å². The Kier molecular flexibility index (Phi) is 2.47. The molecule has 0 bridgehead atoms. The maximum atomic E-state index is 11.2. The van der Waals surface area contributed by atoms with Crippen molar-refractivity contribution in [1.29, 1.82) is 0 Å². The van der Waals surface area contributed by atoms with Gasteiger partial charge in [-0.3, -0.25) is 10.1 Å². The van der Waals surface area contributed by atoms with Crippen LogP contribution in [-0.2, 0) is 0 Å². The number of aliphatic hydroxyl groups excluding tert-OH is 1. The van der Waals surface area contributed by atoms with Crippen LogP contribution in [0.15, 0.2) is 0 Å². The quantitative estimate of drug-likeness (QED) is 0.516. The molecule has 3 atom stereocenters. The van der Waals surface area contributed by atoms with Gasteiger partial charge in [0.05, 0.1) is 12.0 Å². The molecule has 2 aliphatic rings. The molecule has 0 aromatic carbocycles. The first-order valence-electron chi connectivity index (χ1n) is 5.49. The minimum Gasteiger partial charge on any atom is -0.393 e. The highest BCUT2D eigenvalue weighted by Crippen LogP contribution is 2.45. The van der Waals surface area contributed by atoms with Crippen molar-refractivity contribution in [2.45, 2.75) is 56.6 Å². The average molecular weight is 199 g/mol. The first-order valence-corrected chi connectivity index (χ1v) is 5.49. The Bertz CT molecular complexity index is 240. The first-order chi connectivity index (χ1) is 6.67. The summed E-state index contributed by atoms with van der Waals surface area (Å²) in [6.07, 6.45) is 5.28. The molecule has 0 saturated heterocycles. The molecule has 1 N–H and O–H groups in total. The molecule has 0 spiro atoms. The lowest BCUT2D eigenvalue weighted by Crippen LogP contribution is -2.54. The third kappa shape index (κ3) is 1.32. The van der Waals surface area contributed by atoms with E-state index >= 15 is 0 Å². The van der Waals surface area contributed by atoms with Gasteiger partial charge in [-0.15, -0.1) is 0 Å². The van der Waals surface area contributed by atoms with E-state index in [1.807, 2.05) is 0 Å². The van der Waals surface area contributed by atoms with Crippen LogP contribution >= 0.6 is 0 Å². The lowest BCUT2D eigenvalue weighted by molar-refractivity contribution is -0.592. The van der Waals surface area contributed by atoms with Gasteiger partial charge >= 0.3 is 0 Å². The smallest absolute Gasteiger partial charge is 0.227 e. The standard InChI is InChI=1S/C10H17NO3/c12-9-5-3-7-10(11(13)14)6-2-1-4-8(9)10/h8-9,12H,1-7H2/t8?,9-,10-/m1/s1. The number of hydrogen-bond donors (Lipinski definition) is 1. The molecular formula is C10H17NO3. The normalized spacial score (nSPS) is 42.9. The Morgan fingerprint density at radius 2 is 1.93 bits per heavy atom. The molecule has 0 aliphatic heterocycles. The van der Waals surface area contributed by atoms with E-state index in [0.717, 1.165) is 32.1 Å². The van der Waals surface area contributed by atoms with Gasteiger partial charge in [0.15, 0.2) is 0 Å². The van der Waals surface area contributed by atoms with Crippen LogP contribution in [0, 0.1) is 16.0 Å². The monoisotopic (exact) mass is 199 g/mol. The van der Waals surface area contributed by atoms with E-state index in [1.54, 1.807) is 0 Å². The minimum absolute atomic E-state index is 0.0833. The summed E-state index contributed by atoms with van der Waals surface area (Å²) in [5, 5.41) is 21.0. The molecule has 2 saturated carbocycles. The van der Waals surface area contributed by atoms with E-state index in [-0.39, 0.29) is 10.8 Å². The highest BCUT2D eigenvalue weighted by atomic mass is 16.6. The Morgan fingerprint density at radius 3 is 2.57 bits per heavy atom. The average Bonchev–Trinajstić information content (AvgIpc) is 2.18. The fourth-order valence-corrected chi connectivity index (χ4v) is 3.25. The molecule has 4 heteroatoms. The fourth-order valence-electron chi connectivity index (χ4n) is 3.25. The third-order valence-electron chi connectivity index (χ3n) is 4.00. The largest absolute Gasteiger partial charge is 0.393 e. The summed E-state index contributed by atoms with van der Waals surface area (Å²) in [5.41, 5.74) is -0.782. The van der Waals surface area contributed by atoms with Crippen LogP contribution in [0.1, 0.15) is 44.9 Å². The van der Waals surface area contributed by atoms with Gasteiger partial charge in [0, 0.05) is 17.8 Å². The predicted molar refractivity (Wildman–Crippen MR) is 51.5 cm³/mol. The van der Waals surface area contributed by atoms with E-state index in [2.05, 4.69) is 0 Å². The molecule has 1 unspecified atom stereocenters. The Balaban J connectivity index is 2.26. The molecule has 0 aromatic rings. The summed E-state index contributed by atoms with van der Waals surface area (Å²) < 4.78 is 0. The molecular weight excluding hydrogens is 182 g/mol. The highest BCUT2D eigenvalue weighted by molar-refractivity contribution is 4.97. The van der Waals surface area contributed by atoms with E-state index in [1.165, 1.54) is 0 Å². The highest BCUT2D eigenvalue weighted by Gasteiger charge is 2.55. The van der Waals surface area contributed by atoms with Gasteiger partial charge in [-0.1, -0.05) is 6.42 Å². The van der Waals surface area contributed by atoms with Gasteiger partial charge in [0.1, 0.15) is 0 Å².